The fourth-order valence-corrected chi connectivity index (χ4v) is 2.61. The number of piperidine rings is 1. The SMILES string of the molecule is CC(Nc1ccc(Br)nc1)C1CCN(C)CC1. The second-order valence-corrected chi connectivity index (χ2v) is 5.76. The average molecular weight is 298 g/mol. The van der Waals surface area contributed by atoms with E-state index in [1.54, 1.807) is 0 Å². The molecule has 1 aliphatic rings. The van der Waals surface area contributed by atoms with Crippen LogP contribution in [0.1, 0.15) is 19.8 Å². The summed E-state index contributed by atoms with van der Waals surface area (Å²) in [7, 11) is 2.20. The predicted octanol–water partition coefficient (Wildman–Crippen LogP) is 2.99. The second-order valence-electron chi connectivity index (χ2n) is 4.94. The number of anilines is 1. The molecule has 1 aromatic heterocycles. The molecular formula is C13H20BrN3. The van der Waals surface area contributed by atoms with Gasteiger partial charge in [0.25, 0.3) is 0 Å². The van der Waals surface area contributed by atoms with Crippen molar-refractivity contribution < 1.29 is 0 Å². The van der Waals surface area contributed by atoms with Crippen LogP contribution >= 0.6 is 15.9 Å². The zero-order valence-electron chi connectivity index (χ0n) is 10.5. The predicted molar refractivity (Wildman–Crippen MR) is 75.2 cm³/mol. The number of nitrogens with zero attached hydrogens (tertiary/aromatic N) is 2. The Hall–Kier alpha value is -0.610. The zero-order valence-corrected chi connectivity index (χ0v) is 12.1. The summed E-state index contributed by atoms with van der Waals surface area (Å²) >= 11 is 3.35. The molecule has 1 aromatic rings. The van der Waals surface area contributed by atoms with Gasteiger partial charge < -0.3 is 10.2 Å². The van der Waals surface area contributed by atoms with Crippen molar-refractivity contribution in [3.05, 3.63) is 22.9 Å². The Morgan fingerprint density at radius 1 is 1.41 bits per heavy atom. The molecule has 1 atom stereocenters. The Balaban J connectivity index is 1.88. The number of halogens is 1. The van der Waals surface area contributed by atoms with E-state index >= 15 is 0 Å². The van der Waals surface area contributed by atoms with E-state index in [-0.39, 0.29) is 0 Å². The smallest absolute Gasteiger partial charge is 0.106 e. The van der Waals surface area contributed by atoms with Gasteiger partial charge in [0.2, 0.25) is 0 Å². The molecule has 1 aliphatic heterocycles. The number of pyridine rings is 1. The molecule has 4 heteroatoms. The van der Waals surface area contributed by atoms with Crippen LogP contribution in [0.4, 0.5) is 5.69 Å². The number of likely N-dealkylation sites (tertiary alicyclic amines) is 1. The highest BCUT2D eigenvalue weighted by Gasteiger charge is 2.21. The van der Waals surface area contributed by atoms with Crippen LogP contribution in [0.15, 0.2) is 22.9 Å². The Morgan fingerprint density at radius 3 is 2.71 bits per heavy atom. The van der Waals surface area contributed by atoms with Crippen LogP contribution in [-0.4, -0.2) is 36.1 Å². The molecule has 17 heavy (non-hydrogen) atoms. The van der Waals surface area contributed by atoms with Gasteiger partial charge in [-0.15, -0.1) is 0 Å². The minimum atomic E-state index is 0.520. The van der Waals surface area contributed by atoms with E-state index in [2.05, 4.69) is 51.2 Å². The molecule has 0 saturated carbocycles. The van der Waals surface area contributed by atoms with Gasteiger partial charge in [-0.3, -0.25) is 0 Å². The van der Waals surface area contributed by atoms with Gasteiger partial charge in [0.05, 0.1) is 11.9 Å². The van der Waals surface area contributed by atoms with E-state index in [1.807, 2.05) is 12.3 Å². The number of hydrogen-bond acceptors (Lipinski definition) is 3. The topological polar surface area (TPSA) is 28.2 Å². The highest BCUT2D eigenvalue weighted by Crippen LogP contribution is 2.22. The normalized spacial score (nSPS) is 20.2. The van der Waals surface area contributed by atoms with E-state index in [0.29, 0.717) is 6.04 Å². The van der Waals surface area contributed by atoms with Crippen molar-refractivity contribution in [2.24, 2.45) is 5.92 Å². The minimum absolute atomic E-state index is 0.520. The molecule has 1 saturated heterocycles. The third-order valence-electron chi connectivity index (χ3n) is 3.59. The largest absolute Gasteiger partial charge is 0.381 e. The summed E-state index contributed by atoms with van der Waals surface area (Å²) < 4.78 is 0.884. The van der Waals surface area contributed by atoms with E-state index in [0.717, 1.165) is 16.2 Å². The van der Waals surface area contributed by atoms with E-state index in [9.17, 15) is 0 Å². The number of aromatic nitrogens is 1. The van der Waals surface area contributed by atoms with Gasteiger partial charge in [-0.05, 0) is 73.9 Å². The number of nitrogens with one attached hydrogen (secondary N) is 1. The van der Waals surface area contributed by atoms with Crippen LogP contribution in [-0.2, 0) is 0 Å². The fraction of sp³-hybridized carbons (Fsp3) is 0.615. The Morgan fingerprint density at radius 2 is 2.12 bits per heavy atom. The third-order valence-corrected chi connectivity index (χ3v) is 4.06. The maximum atomic E-state index is 4.24. The molecule has 0 aliphatic carbocycles. The van der Waals surface area contributed by atoms with Gasteiger partial charge in [-0.2, -0.15) is 0 Å². The van der Waals surface area contributed by atoms with Gasteiger partial charge in [-0.25, -0.2) is 4.98 Å². The third kappa shape index (κ3) is 3.68. The van der Waals surface area contributed by atoms with E-state index in [1.165, 1.54) is 25.9 Å². The molecule has 0 bridgehead atoms. The summed E-state index contributed by atoms with van der Waals surface area (Å²) in [4.78, 5) is 6.64. The molecule has 1 fully saturated rings. The van der Waals surface area contributed by atoms with Crippen molar-refractivity contribution in [2.45, 2.75) is 25.8 Å². The lowest BCUT2D eigenvalue weighted by Gasteiger charge is -2.33. The van der Waals surface area contributed by atoms with Gasteiger partial charge in [0.1, 0.15) is 4.60 Å². The van der Waals surface area contributed by atoms with Crippen molar-refractivity contribution in [3.63, 3.8) is 0 Å². The Kier molecular flexibility index (Phi) is 4.40. The molecular weight excluding hydrogens is 278 g/mol. The highest BCUT2D eigenvalue weighted by atomic mass is 79.9. The average Bonchev–Trinajstić information content (AvgIpc) is 2.33. The molecule has 0 spiro atoms. The molecule has 94 valence electrons. The first-order valence-corrected chi connectivity index (χ1v) is 7.01. The molecule has 0 radical (unpaired) electrons. The molecule has 2 rings (SSSR count). The molecule has 0 aromatic carbocycles. The van der Waals surface area contributed by atoms with Gasteiger partial charge >= 0.3 is 0 Å². The molecule has 0 amide bonds. The number of hydrogen-bond donors (Lipinski definition) is 1. The fourth-order valence-electron chi connectivity index (χ4n) is 2.37. The lowest BCUT2D eigenvalue weighted by Crippen LogP contribution is -2.37. The molecule has 1 N–H and O–H groups in total. The first-order valence-electron chi connectivity index (χ1n) is 6.22. The quantitative estimate of drug-likeness (QED) is 0.870. The number of rotatable bonds is 3. The summed E-state index contributed by atoms with van der Waals surface area (Å²) in [6.07, 6.45) is 4.46. The lowest BCUT2D eigenvalue weighted by molar-refractivity contribution is 0.208. The maximum absolute atomic E-state index is 4.24. The van der Waals surface area contributed by atoms with Gasteiger partial charge in [0.15, 0.2) is 0 Å². The summed E-state index contributed by atoms with van der Waals surface area (Å²) in [5, 5.41) is 3.55. The van der Waals surface area contributed by atoms with Crippen LogP contribution in [0.25, 0.3) is 0 Å². The maximum Gasteiger partial charge on any atom is 0.106 e. The Labute approximate surface area is 112 Å². The van der Waals surface area contributed by atoms with Crippen LogP contribution in [0.2, 0.25) is 0 Å². The van der Waals surface area contributed by atoms with Crippen LogP contribution in [0.5, 0.6) is 0 Å². The summed E-state index contributed by atoms with van der Waals surface area (Å²) in [6.45, 7) is 4.71. The molecule has 2 heterocycles. The first kappa shape index (κ1) is 12.8. The van der Waals surface area contributed by atoms with Crippen LogP contribution in [0, 0.1) is 5.92 Å². The van der Waals surface area contributed by atoms with E-state index in [4.69, 9.17) is 0 Å². The molecule has 3 nitrogen and oxygen atoms in total. The summed E-state index contributed by atoms with van der Waals surface area (Å²) in [5.41, 5.74) is 1.11. The second kappa shape index (κ2) is 5.83. The lowest BCUT2D eigenvalue weighted by atomic mass is 9.90. The van der Waals surface area contributed by atoms with Crippen molar-refractivity contribution in [1.29, 1.82) is 0 Å². The van der Waals surface area contributed by atoms with Crippen LogP contribution < -0.4 is 5.32 Å². The van der Waals surface area contributed by atoms with Crippen molar-refractivity contribution in [3.8, 4) is 0 Å². The minimum Gasteiger partial charge on any atom is -0.381 e. The van der Waals surface area contributed by atoms with Gasteiger partial charge in [0, 0.05) is 6.04 Å². The monoisotopic (exact) mass is 297 g/mol. The van der Waals surface area contributed by atoms with Crippen LogP contribution in [0.3, 0.4) is 0 Å². The van der Waals surface area contributed by atoms with Crippen molar-refractivity contribution >= 4 is 21.6 Å². The first-order chi connectivity index (χ1) is 8.15. The standard InChI is InChI=1S/C13H20BrN3/c1-10(11-5-7-17(2)8-6-11)16-12-3-4-13(14)15-9-12/h3-4,9-11,16H,5-8H2,1-2H3. The zero-order chi connectivity index (χ0) is 12.3. The van der Waals surface area contributed by atoms with Gasteiger partial charge in [-0.1, -0.05) is 0 Å². The van der Waals surface area contributed by atoms with E-state index < -0.39 is 0 Å². The Bertz CT molecular complexity index is 344. The summed E-state index contributed by atoms with van der Waals surface area (Å²) in [5.74, 6) is 0.773. The highest BCUT2D eigenvalue weighted by molar-refractivity contribution is 9.10. The molecule has 1 unspecified atom stereocenters. The van der Waals surface area contributed by atoms with Crippen molar-refractivity contribution in [2.75, 3.05) is 25.5 Å². The van der Waals surface area contributed by atoms with Crippen molar-refractivity contribution in [1.82, 2.24) is 9.88 Å². The summed E-state index contributed by atoms with van der Waals surface area (Å²) in [6, 6.07) is 4.57.